The lowest BCUT2D eigenvalue weighted by Crippen LogP contribution is -2.32. The molecule has 1 atom stereocenters. The number of aliphatic hydroxyl groups is 1. The summed E-state index contributed by atoms with van der Waals surface area (Å²) in [6, 6.07) is 11.3. The minimum Gasteiger partial charge on any atom is -0.387 e. The third-order valence-corrected chi connectivity index (χ3v) is 4.30. The Labute approximate surface area is 136 Å². The summed E-state index contributed by atoms with van der Waals surface area (Å²) in [6.45, 7) is 2.35. The second-order valence-corrected chi connectivity index (χ2v) is 5.83. The number of aryl methyl sites for hydroxylation is 1. The average Bonchev–Trinajstić information content (AvgIpc) is 3.01. The molecule has 0 saturated heterocycles. The lowest BCUT2D eigenvalue weighted by Gasteiger charge is -2.28. The van der Waals surface area contributed by atoms with E-state index in [1.54, 1.807) is 12.1 Å². The van der Waals surface area contributed by atoms with Gasteiger partial charge >= 0.3 is 0 Å². The van der Waals surface area contributed by atoms with E-state index < -0.39 is 6.10 Å². The smallest absolute Gasteiger partial charge is 0.0991 e. The molecule has 5 heteroatoms. The van der Waals surface area contributed by atoms with E-state index in [1.165, 1.54) is 5.57 Å². The number of rotatable bonds is 4. The number of aromatic nitrogens is 2. The topological polar surface area (TPSA) is 65.1 Å². The van der Waals surface area contributed by atoms with Crippen molar-refractivity contribution in [2.24, 2.45) is 7.05 Å². The lowest BCUT2D eigenvalue weighted by molar-refractivity contribution is 0.119. The highest BCUT2D eigenvalue weighted by molar-refractivity contribution is 5.63. The Morgan fingerprint density at radius 1 is 1.30 bits per heavy atom. The van der Waals surface area contributed by atoms with Gasteiger partial charge < -0.3 is 5.11 Å². The van der Waals surface area contributed by atoms with Crippen molar-refractivity contribution in [2.45, 2.75) is 12.5 Å². The minimum absolute atomic E-state index is 0.533. The van der Waals surface area contributed by atoms with Crippen molar-refractivity contribution in [3.05, 3.63) is 59.4 Å². The fourth-order valence-corrected chi connectivity index (χ4v) is 2.93. The first-order chi connectivity index (χ1) is 11.2. The highest BCUT2D eigenvalue weighted by Gasteiger charge is 2.18. The van der Waals surface area contributed by atoms with Gasteiger partial charge in [-0.15, -0.1) is 0 Å². The van der Waals surface area contributed by atoms with Gasteiger partial charge in [0.15, 0.2) is 0 Å². The maximum atomic E-state index is 10.4. The van der Waals surface area contributed by atoms with Crippen molar-refractivity contribution in [3.8, 4) is 6.07 Å². The summed E-state index contributed by atoms with van der Waals surface area (Å²) < 4.78 is 1.90. The number of benzene rings is 1. The summed E-state index contributed by atoms with van der Waals surface area (Å²) in [5, 5.41) is 23.4. The van der Waals surface area contributed by atoms with Crippen LogP contribution < -0.4 is 0 Å². The van der Waals surface area contributed by atoms with Gasteiger partial charge in [0, 0.05) is 32.9 Å². The Kier molecular flexibility index (Phi) is 4.56. The maximum absolute atomic E-state index is 10.4. The molecule has 1 unspecified atom stereocenters. The van der Waals surface area contributed by atoms with Crippen LogP contribution in [-0.2, 0) is 7.05 Å². The molecule has 0 bridgehead atoms. The lowest BCUT2D eigenvalue weighted by atomic mass is 10.0. The second kappa shape index (κ2) is 6.78. The monoisotopic (exact) mass is 308 g/mol. The van der Waals surface area contributed by atoms with Crippen molar-refractivity contribution < 1.29 is 5.11 Å². The van der Waals surface area contributed by atoms with E-state index in [0.717, 1.165) is 30.8 Å². The van der Waals surface area contributed by atoms with Crippen LogP contribution in [0.25, 0.3) is 5.57 Å². The first-order valence-electron chi connectivity index (χ1n) is 7.75. The molecule has 118 valence electrons. The molecule has 0 spiro atoms. The number of nitrogens with zero attached hydrogens (tertiary/aromatic N) is 4. The number of β-amino-alcohol motifs (C(OH)–C–C–N with tert-alkyl or cyclic N) is 1. The molecule has 0 radical (unpaired) electrons. The zero-order valence-corrected chi connectivity index (χ0v) is 13.2. The van der Waals surface area contributed by atoms with Gasteiger partial charge in [0.1, 0.15) is 0 Å². The Hall–Kier alpha value is -2.42. The van der Waals surface area contributed by atoms with Gasteiger partial charge in [-0.25, -0.2) is 0 Å². The third-order valence-electron chi connectivity index (χ3n) is 4.30. The van der Waals surface area contributed by atoms with Crippen molar-refractivity contribution in [1.29, 1.82) is 5.26 Å². The van der Waals surface area contributed by atoms with E-state index in [1.807, 2.05) is 36.1 Å². The number of nitriles is 1. The minimum atomic E-state index is -0.533. The summed E-state index contributed by atoms with van der Waals surface area (Å²) >= 11 is 0. The van der Waals surface area contributed by atoms with Crippen LogP contribution in [0, 0.1) is 11.3 Å². The summed E-state index contributed by atoms with van der Waals surface area (Å²) in [7, 11) is 1.96. The Morgan fingerprint density at radius 3 is 2.65 bits per heavy atom. The van der Waals surface area contributed by atoms with Gasteiger partial charge in [-0.3, -0.25) is 9.58 Å². The molecule has 1 aromatic heterocycles. The van der Waals surface area contributed by atoms with Crippen molar-refractivity contribution in [1.82, 2.24) is 14.7 Å². The van der Waals surface area contributed by atoms with Crippen LogP contribution >= 0.6 is 0 Å². The van der Waals surface area contributed by atoms with Gasteiger partial charge in [0.2, 0.25) is 0 Å². The van der Waals surface area contributed by atoms with Gasteiger partial charge in [0.25, 0.3) is 0 Å². The molecule has 3 rings (SSSR count). The normalized spacial score (nSPS) is 16.7. The van der Waals surface area contributed by atoms with Crippen LogP contribution in [0.1, 0.15) is 29.3 Å². The van der Waals surface area contributed by atoms with E-state index in [4.69, 9.17) is 5.26 Å². The molecule has 23 heavy (non-hydrogen) atoms. The molecule has 0 aliphatic carbocycles. The predicted molar refractivity (Wildman–Crippen MR) is 88.4 cm³/mol. The summed E-state index contributed by atoms with van der Waals surface area (Å²) in [6.07, 6.45) is 4.46. The Balaban J connectivity index is 1.60. The molecular formula is C18H20N4O. The number of hydrogen-bond donors (Lipinski definition) is 1. The van der Waals surface area contributed by atoms with Crippen molar-refractivity contribution >= 4 is 5.57 Å². The summed E-state index contributed by atoms with van der Waals surface area (Å²) in [5.74, 6) is 0. The van der Waals surface area contributed by atoms with Crippen LogP contribution in [0.3, 0.4) is 0 Å². The SMILES string of the molecule is Cn1nccc1C1=CCN(CC(O)c2ccc(C#N)cc2)CC1. The quantitative estimate of drug-likeness (QED) is 0.939. The van der Waals surface area contributed by atoms with E-state index >= 15 is 0 Å². The van der Waals surface area contributed by atoms with Crippen molar-refractivity contribution in [3.63, 3.8) is 0 Å². The van der Waals surface area contributed by atoms with Crippen LogP contribution in [0.15, 0.2) is 42.6 Å². The Morgan fingerprint density at radius 2 is 2.09 bits per heavy atom. The molecule has 2 aromatic rings. The standard InChI is InChI=1S/C18H20N4O/c1-21-17(6-9-20-21)15-7-10-22(11-8-15)13-18(23)16-4-2-14(12-19)3-5-16/h2-7,9,18,23H,8,10-11,13H2,1H3. The zero-order valence-electron chi connectivity index (χ0n) is 13.2. The number of aliphatic hydroxyl groups excluding tert-OH is 1. The second-order valence-electron chi connectivity index (χ2n) is 5.83. The van der Waals surface area contributed by atoms with E-state index in [2.05, 4.69) is 22.1 Å². The average molecular weight is 308 g/mol. The van der Waals surface area contributed by atoms with Crippen LogP contribution in [0.5, 0.6) is 0 Å². The van der Waals surface area contributed by atoms with E-state index in [0.29, 0.717) is 12.1 Å². The highest BCUT2D eigenvalue weighted by Crippen LogP contribution is 2.23. The maximum Gasteiger partial charge on any atom is 0.0991 e. The van der Waals surface area contributed by atoms with E-state index in [-0.39, 0.29) is 0 Å². The zero-order chi connectivity index (χ0) is 16.2. The molecule has 1 N–H and O–H groups in total. The highest BCUT2D eigenvalue weighted by atomic mass is 16.3. The fourth-order valence-electron chi connectivity index (χ4n) is 2.93. The molecule has 5 nitrogen and oxygen atoms in total. The van der Waals surface area contributed by atoms with E-state index in [9.17, 15) is 5.11 Å². The van der Waals surface area contributed by atoms with Crippen LogP contribution in [-0.4, -0.2) is 39.4 Å². The fraction of sp³-hybridized carbons (Fsp3) is 0.333. The van der Waals surface area contributed by atoms with Gasteiger partial charge in [-0.2, -0.15) is 10.4 Å². The molecular weight excluding hydrogens is 288 g/mol. The van der Waals surface area contributed by atoms with Crippen molar-refractivity contribution in [2.75, 3.05) is 19.6 Å². The molecule has 0 fully saturated rings. The molecule has 0 amide bonds. The Bertz CT molecular complexity index is 739. The molecule has 1 aliphatic heterocycles. The predicted octanol–water partition coefficient (Wildman–Crippen LogP) is 2.11. The number of hydrogen-bond acceptors (Lipinski definition) is 4. The van der Waals surface area contributed by atoms with Crippen LogP contribution in [0.2, 0.25) is 0 Å². The van der Waals surface area contributed by atoms with Gasteiger partial charge in [-0.1, -0.05) is 18.2 Å². The molecule has 0 saturated carbocycles. The summed E-state index contributed by atoms with van der Waals surface area (Å²) in [4.78, 5) is 2.24. The molecule has 1 aromatic carbocycles. The van der Waals surface area contributed by atoms with Gasteiger partial charge in [-0.05, 0) is 35.8 Å². The van der Waals surface area contributed by atoms with Gasteiger partial charge in [0.05, 0.1) is 23.4 Å². The molecule has 1 aliphatic rings. The first kappa shape index (κ1) is 15.5. The van der Waals surface area contributed by atoms with Crippen LogP contribution in [0.4, 0.5) is 0 Å². The molecule has 2 heterocycles. The largest absolute Gasteiger partial charge is 0.387 e. The first-order valence-corrected chi connectivity index (χ1v) is 7.75. The third kappa shape index (κ3) is 3.50. The summed E-state index contributed by atoms with van der Waals surface area (Å²) in [5.41, 5.74) is 3.94.